The van der Waals surface area contributed by atoms with Crippen molar-refractivity contribution in [3.8, 4) is 11.8 Å². The third-order valence-corrected chi connectivity index (χ3v) is 3.72. The number of nitriles is 1. The summed E-state index contributed by atoms with van der Waals surface area (Å²) in [7, 11) is 0. The topological polar surface area (TPSA) is 147 Å². The van der Waals surface area contributed by atoms with Crippen LogP contribution in [-0.2, 0) is 0 Å². The summed E-state index contributed by atoms with van der Waals surface area (Å²) >= 11 is 3.05. The van der Waals surface area contributed by atoms with Crippen molar-refractivity contribution < 1.29 is 19.7 Å². The van der Waals surface area contributed by atoms with Gasteiger partial charge < -0.3 is 5.11 Å². The Morgan fingerprint density at radius 1 is 1.19 bits per heavy atom. The minimum Gasteiger partial charge on any atom is -0.502 e. The van der Waals surface area contributed by atoms with Gasteiger partial charge in [-0.25, -0.2) is 0 Å². The molecule has 0 aliphatic carbocycles. The zero-order valence-electron chi connectivity index (χ0n) is 12.7. The predicted octanol–water partition coefficient (Wildman–Crippen LogP) is 3.76. The maximum atomic E-state index is 12.4. The number of carbonyl (C=O) groups excluding carboxylic acids is 1. The van der Waals surface area contributed by atoms with Gasteiger partial charge in [0.15, 0.2) is 0 Å². The number of nitro benzene ring substituents is 2. The highest BCUT2D eigenvalue weighted by Gasteiger charge is 2.20. The van der Waals surface area contributed by atoms with Crippen LogP contribution >= 0.6 is 15.9 Å². The number of carbonyl (C=O) groups is 1. The van der Waals surface area contributed by atoms with Gasteiger partial charge >= 0.3 is 5.69 Å². The number of phenolic OH excluding ortho intramolecular Hbond substituents is 1. The molecule has 0 amide bonds. The van der Waals surface area contributed by atoms with Gasteiger partial charge in [0.25, 0.3) is 5.69 Å². The highest BCUT2D eigenvalue weighted by Crippen LogP contribution is 2.35. The van der Waals surface area contributed by atoms with Crippen LogP contribution in [0.3, 0.4) is 0 Å². The molecular formula is C16H8BrN3O6. The molecule has 2 aromatic carbocycles. The lowest BCUT2D eigenvalue weighted by molar-refractivity contribution is -0.386. The molecule has 0 heterocycles. The van der Waals surface area contributed by atoms with Gasteiger partial charge in [-0.1, -0.05) is 28.1 Å². The van der Waals surface area contributed by atoms with Crippen molar-refractivity contribution >= 4 is 39.2 Å². The van der Waals surface area contributed by atoms with Crippen LogP contribution in [0, 0.1) is 31.6 Å². The number of benzene rings is 2. The number of phenols is 1. The van der Waals surface area contributed by atoms with E-state index in [9.17, 15) is 35.4 Å². The fourth-order valence-electron chi connectivity index (χ4n) is 2.07. The van der Waals surface area contributed by atoms with Crippen molar-refractivity contribution in [2.24, 2.45) is 0 Å². The first kappa shape index (κ1) is 18.8. The van der Waals surface area contributed by atoms with E-state index >= 15 is 0 Å². The maximum Gasteiger partial charge on any atom is 0.312 e. The summed E-state index contributed by atoms with van der Waals surface area (Å²) in [5.74, 6) is -1.53. The Balaban J connectivity index is 2.54. The lowest BCUT2D eigenvalue weighted by Crippen LogP contribution is -2.03. The number of rotatable bonds is 5. The molecule has 26 heavy (non-hydrogen) atoms. The molecule has 1 N–H and O–H groups in total. The number of hydrogen-bond donors (Lipinski definition) is 1. The summed E-state index contributed by atoms with van der Waals surface area (Å²) in [5, 5.41) is 41.0. The summed E-state index contributed by atoms with van der Waals surface area (Å²) in [5.41, 5.74) is -1.61. The van der Waals surface area contributed by atoms with Crippen molar-refractivity contribution in [2.45, 2.75) is 0 Å². The molecule has 2 aromatic rings. The molecule has 9 nitrogen and oxygen atoms in total. The van der Waals surface area contributed by atoms with Gasteiger partial charge in [-0.3, -0.25) is 25.0 Å². The molecule has 0 radical (unpaired) electrons. The molecule has 0 fully saturated rings. The maximum absolute atomic E-state index is 12.4. The number of aromatic hydroxyl groups is 1. The third-order valence-electron chi connectivity index (χ3n) is 3.26. The second-order valence-corrected chi connectivity index (χ2v) is 5.84. The smallest absolute Gasteiger partial charge is 0.312 e. The largest absolute Gasteiger partial charge is 0.502 e. The van der Waals surface area contributed by atoms with E-state index in [2.05, 4.69) is 15.9 Å². The van der Waals surface area contributed by atoms with Crippen molar-refractivity contribution in [1.29, 1.82) is 5.26 Å². The van der Waals surface area contributed by atoms with Crippen molar-refractivity contribution in [3.05, 3.63) is 77.8 Å². The van der Waals surface area contributed by atoms with Crippen molar-refractivity contribution in [1.82, 2.24) is 0 Å². The number of allylic oxidation sites excluding steroid dienone is 1. The number of non-ortho nitro benzene ring substituents is 1. The van der Waals surface area contributed by atoms with Crippen molar-refractivity contribution in [2.75, 3.05) is 0 Å². The van der Waals surface area contributed by atoms with Crippen LogP contribution in [0.1, 0.15) is 15.9 Å². The Kier molecular flexibility index (Phi) is 5.44. The van der Waals surface area contributed by atoms with Crippen LogP contribution < -0.4 is 0 Å². The van der Waals surface area contributed by atoms with E-state index in [1.807, 2.05) is 0 Å². The number of nitrogens with zero attached hydrogens (tertiary/aromatic N) is 3. The van der Waals surface area contributed by atoms with Gasteiger partial charge in [-0.2, -0.15) is 5.26 Å². The van der Waals surface area contributed by atoms with Gasteiger partial charge in [0.1, 0.15) is 11.6 Å². The van der Waals surface area contributed by atoms with Gasteiger partial charge in [0.2, 0.25) is 11.5 Å². The summed E-state index contributed by atoms with van der Waals surface area (Å²) in [6.45, 7) is 0. The van der Waals surface area contributed by atoms with Gasteiger partial charge in [-0.15, -0.1) is 0 Å². The van der Waals surface area contributed by atoms with Gasteiger partial charge in [0.05, 0.1) is 9.85 Å². The van der Waals surface area contributed by atoms with Gasteiger partial charge in [0, 0.05) is 33.8 Å². The molecule has 10 heteroatoms. The van der Waals surface area contributed by atoms with E-state index < -0.39 is 32.6 Å². The van der Waals surface area contributed by atoms with Crippen LogP contribution in [0.4, 0.5) is 11.4 Å². The molecule has 0 aliphatic rings. The van der Waals surface area contributed by atoms with Crippen LogP contribution in [0.25, 0.3) is 6.08 Å². The molecule has 2 rings (SSSR count). The molecule has 0 unspecified atom stereocenters. The highest BCUT2D eigenvalue weighted by atomic mass is 79.9. The Labute approximate surface area is 154 Å². The quantitative estimate of drug-likeness (QED) is 0.256. The Morgan fingerprint density at radius 2 is 1.88 bits per heavy atom. The second kappa shape index (κ2) is 7.54. The molecular weight excluding hydrogens is 410 g/mol. The predicted molar refractivity (Wildman–Crippen MR) is 93.5 cm³/mol. The first-order valence-electron chi connectivity index (χ1n) is 6.82. The average molecular weight is 418 g/mol. The lowest BCUT2D eigenvalue weighted by atomic mass is 10.0. The molecule has 0 saturated heterocycles. The summed E-state index contributed by atoms with van der Waals surface area (Å²) in [6, 6.07) is 8.79. The van der Waals surface area contributed by atoms with Crippen LogP contribution in [0.5, 0.6) is 5.75 Å². The first-order valence-corrected chi connectivity index (χ1v) is 7.61. The van der Waals surface area contributed by atoms with E-state index in [1.165, 1.54) is 24.3 Å². The van der Waals surface area contributed by atoms with E-state index in [0.29, 0.717) is 0 Å². The van der Waals surface area contributed by atoms with E-state index in [0.717, 1.165) is 18.2 Å². The SMILES string of the molecule is N#C/C(=C\c1cc(Br)cc([N+](=O)[O-])c1O)C(=O)c1cccc([N+](=O)[O-])c1. The number of hydrogen-bond acceptors (Lipinski definition) is 7. The van der Waals surface area contributed by atoms with E-state index in [-0.39, 0.29) is 21.3 Å². The average Bonchev–Trinajstić information content (AvgIpc) is 2.61. The van der Waals surface area contributed by atoms with Gasteiger partial charge in [-0.05, 0) is 12.1 Å². The number of Topliss-reactive ketones (excluding diaryl/α,β-unsaturated/α-hetero) is 1. The molecule has 0 bridgehead atoms. The second-order valence-electron chi connectivity index (χ2n) is 4.93. The fraction of sp³-hybridized carbons (Fsp3) is 0. The number of halogens is 1. The monoisotopic (exact) mass is 417 g/mol. The first-order chi connectivity index (χ1) is 12.2. The van der Waals surface area contributed by atoms with Crippen molar-refractivity contribution in [3.63, 3.8) is 0 Å². The van der Waals surface area contributed by atoms with Crippen LogP contribution in [0.2, 0.25) is 0 Å². The highest BCUT2D eigenvalue weighted by molar-refractivity contribution is 9.10. The molecule has 130 valence electrons. The standard InChI is InChI=1S/C16H8BrN3O6/c17-12-5-10(16(22)14(7-12)20(25)26)4-11(8-18)15(21)9-2-1-3-13(6-9)19(23)24/h1-7,22H/b11-4+. The summed E-state index contributed by atoms with van der Waals surface area (Å²) in [4.78, 5) is 32.7. The number of nitro groups is 2. The zero-order chi connectivity index (χ0) is 19.4. The van der Waals surface area contributed by atoms with E-state index in [1.54, 1.807) is 6.07 Å². The minimum atomic E-state index is -0.821. The van der Waals surface area contributed by atoms with Crippen LogP contribution in [0.15, 0.2) is 46.4 Å². The Morgan fingerprint density at radius 3 is 2.46 bits per heavy atom. The minimum absolute atomic E-state index is 0.101. The summed E-state index contributed by atoms with van der Waals surface area (Å²) < 4.78 is 0.258. The van der Waals surface area contributed by atoms with Crippen LogP contribution in [-0.4, -0.2) is 20.7 Å². The van der Waals surface area contributed by atoms with E-state index in [4.69, 9.17) is 0 Å². The lowest BCUT2D eigenvalue weighted by Gasteiger charge is -2.04. The summed E-state index contributed by atoms with van der Waals surface area (Å²) in [6.07, 6.45) is 0.980. The Hall–Kier alpha value is -3.58. The molecule has 0 aromatic heterocycles. The number of ketones is 1. The Bertz CT molecular complexity index is 1010. The molecule has 0 saturated carbocycles. The third kappa shape index (κ3) is 3.90. The molecule has 0 atom stereocenters. The zero-order valence-corrected chi connectivity index (χ0v) is 14.3. The molecule has 0 aliphatic heterocycles. The molecule has 0 spiro atoms. The normalized spacial score (nSPS) is 10.8. The fourth-order valence-corrected chi connectivity index (χ4v) is 2.54.